The molecule has 0 saturated heterocycles. The normalized spacial score (nSPS) is 14.4. The summed E-state index contributed by atoms with van der Waals surface area (Å²) in [4.78, 5) is 0. The van der Waals surface area contributed by atoms with Gasteiger partial charge in [0.2, 0.25) is 0 Å². The molecule has 0 radical (unpaired) electrons. The molecule has 1 aromatic rings. The summed E-state index contributed by atoms with van der Waals surface area (Å²) in [5.74, 6) is 0.786. The first-order valence-corrected chi connectivity index (χ1v) is 5.18. The zero-order chi connectivity index (χ0) is 10.8. The Morgan fingerprint density at radius 2 is 2.21 bits per heavy atom. The highest BCUT2D eigenvalue weighted by Gasteiger charge is 2.18. The second-order valence-electron chi connectivity index (χ2n) is 4.11. The first-order valence-electron chi connectivity index (χ1n) is 4.67. The maximum absolute atomic E-state index is 5.90. The maximum atomic E-state index is 5.90. The van der Waals surface area contributed by atoms with Crippen molar-refractivity contribution < 1.29 is 0 Å². The zero-order valence-corrected chi connectivity index (χ0v) is 9.70. The molecule has 0 fully saturated rings. The van der Waals surface area contributed by atoms with Gasteiger partial charge in [-0.05, 0) is 30.7 Å². The van der Waals surface area contributed by atoms with E-state index in [-0.39, 0.29) is 10.8 Å². The van der Waals surface area contributed by atoms with E-state index in [1.807, 2.05) is 20.8 Å². The van der Waals surface area contributed by atoms with Crippen molar-refractivity contribution in [2.45, 2.75) is 44.5 Å². The van der Waals surface area contributed by atoms with Gasteiger partial charge in [0.05, 0.1) is 11.8 Å². The molecule has 6 heteroatoms. The highest BCUT2D eigenvalue weighted by atomic mass is 32.1. The Morgan fingerprint density at radius 3 is 2.71 bits per heavy atom. The molecule has 80 valence electrons. The number of nitrogens with two attached hydrogens (primary N) is 1. The van der Waals surface area contributed by atoms with E-state index in [4.69, 9.17) is 5.73 Å². The quantitative estimate of drug-likeness (QED) is 0.729. The lowest BCUT2D eigenvalue weighted by Gasteiger charge is -2.19. The Kier molecular flexibility index (Phi) is 3.49. The molecule has 1 atom stereocenters. The van der Waals surface area contributed by atoms with Crippen molar-refractivity contribution in [1.82, 2.24) is 20.2 Å². The predicted molar refractivity (Wildman–Crippen MR) is 58.1 cm³/mol. The van der Waals surface area contributed by atoms with Crippen LogP contribution in [0, 0.1) is 0 Å². The summed E-state index contributed by atoms with van der Waals surface area (Å²) in [7, 11) is 0. The predicted octanol–water partition coefficient (Wildman–Crippen LogP) is 0.791. The van der Waals surface area contributed by atoms with Gasteiger partial charge in [-0.2, -0.15) is 12.6 Å². The minimum Gasteiger partial charge on any atom is -0.324 e. The van der Waals surface area contributed by atoms with Crippen LogP contribution < -0.4 is 5.73 Å². The van der Waals surface area contributed by atoms with Crippen LogP contribution >= 0.6 is 12.6 Å². The maximum Gasteiger partial charge on any atom is 0.164 e. The van der Waals surface area contributed by atoms with Crippen LogP contribution in [0.5, 0.6) is 0 Å². The molecule has 1 aromatic heterocycles. The molecule has 1 rings (SSSR count). The van der Waals surface area contributed by atoms with Gasteiger partial charge in [0.1, 0.15) is 0 Å². The molecule has 5 nitrogen and oxygen atoms in total. The Bertz CT molecular complexity index is 290. The minimum atomic E-state index is -0.314. The number of hydrogen-bond donors (Lipinski definition) is 2. The fraction of sp³-hybridized carbons (Fsp3) is 0.875. The van der Waals surface area contributed by atoms with Gasteiger partial charge >= 0.3 is 0 Å². The largest absolute Gasteiger partial charge is 0.324 e. The van der Waals surface area contributed by atoms with Crippen molar-refractivity contribution >= 4 is 12.6 Å². The molecule has 0 aromatic carbocycles. The number of tetrazole rings is 1. The summed E-state index contributed by atoms with van der Waals surface area (Å²) in [6.07, 6.45) is 0.897. The molecule has 2 N–H and O–H groups in total. The highest BCUT2D eigenvalue weighted by Crippen LogP contribution is 2.20. The molecular weight excluding hydrogens is 198 g/mol. The fourth-order valence-corrected chi connectivity index (χ4v) is 1.32. The van der Waals surface area contributed by atoms with E-state index in [2.05, 4.69) is 28.2 Å². The molecule has 0 amide bonds. The van der Waals surface area contributed by atoms with Crippen LogP contribution in [-0.4, -0.2) is 25.7 Å². The summed E-state index contributed by atoms with van der Waals surface area (Å²) in [6.45, 7) is 6.53. The van der Waals surface area contributed by atoms with E-state index in [0.717, 1.165) is 12.2 Å². The SMILES string of the molecule is CCC(S)c1nnnn1CC(C)(C)N. The third-order valence-electron chi connectivity index (χ3n) is 1.80. The second kappa shape index (κ2) is 4.27. The van der Waals surface area contributed by atoms with Crippen molar-refractivity contribution in [3.05, 3.63) is 5.82 Å². The fourth-order valence-electron chi connectivity index (χ4n) is 1.13. The topological polar surface area (TPSA) is 69.6 Å². The molecule has 0 spiro atoms. The van der Waals surface area contributed by atoms with E-state index >= 15 is 0 Å². The van der Waals surface area contributed by atoms with Gasteiger partial charge in [-0.3, -0.25) is 0 Å². The van der Waals surface area contributed by atoms with Crippen molar-refractivity contribution in [2.24, 2.45) is 5.73 Å². The van der Waals surface area contributed by atoms with Gasteiger partial charge < -0.3 is 5.73 Å². The number of nitrogens with zero attached hydrogens (tertiary/aromatic N) is 4. The van der Waals surface area contributed by atoms with Gasteiger partial charge in [-0.1, -0.05) is 6.92 Å². The first-order chi connectivity index (χ1) is 6.44. The van der Waals surface area contributed by atoms with Gasteiger partial charge in [0.25, 0.3) is 0 Å². The summed E-state index contributed by atoms with van der Waals surface area (Å²) < 4.78 is 1.72. The van der Waals surface area contributed by atoms with Crippen LogP contribution in [0.1, 0.15) is 38.3 Å². The molecule has 1 unspecified atom stereocenters. The molecule has 0 bridgehead atoms. The summed E-state index contributed by atoms with van der Waals surface area (Å²) in [5, 5.41) is 11.5. The van der Waals surface area contributed by atoms with Gasteiger partial charge in [-0.15, -0.1) is 5.10 Å². The molecule has 0 saturated carbocycles. The monoisotopic (exact) mass is 215 g/mol. The minimum absolute atomic E-state index is 0.0762. The van der Waals surface area contributed by atoms with E-state index in [9.17, 15) is 0 Å². The van der Waals surface area contributed by atoms with Crippen LogP contribution in [0.15, 0.2) is 0 Å². The number of rotatable bonds is 4. The Morgan fingerprint density at radius 1 is 1.57 bits per heavy atom. The molecular formula is C8H17N5S. The smallest absolute Gasteiger partial charge is 0.164 e. The number of aromatic nitrogens is 4. The lowest BCUT2D eigenvalue weighted by atomic mass is 10.1. The third-order valence-corrected chi connectivity index (χ3v) is 2.40. The Balaban J connectivity index is 2.82. The van der Waals surface area contributed by atoms with Crippen molar-refractivity contribution in [3.8, 4) is 0 Å². The van der Waals surface area contributed by atoms with Crippen LogP contribution in [0.25, 0.3) is 0 Å². The average molecular weight is 215 g/mol. The molecule has 0 aliphatic rings. The highest BCUT2D eigenvalue weighted by molar-refractivity contribution is 7.80. The zero-order valence-electron chi connectivity index (χ0n) is 8.80. The summed E-state index contributed by atoms with van der Waals surface area (Å²) >= 11 is 4.40. The summed E-state index contributed by atoms with van der Waals surface area (Å²) in [5.41, 5.74) is 5.58. The van der Waals surface area contributed by atoms with Gasteiger partial charge in [0.15, 0.2) is 5.82 Å². The molecule has 14 heavy (non-hydrogen) atoms. The van der Waals surface area contributed by atoms with Gasteiger partial charge in [-0.25, -0.2) is 4.68 Å². The lowest BCUT2D eigenvalue weighted by molar-refractivity contribution is 0.392. The van der Waals surface area contributed by atoms with E-state index in [0.29, 0.717) is 6.54 Å². The van der Waals surface area contributed by atoms with Crippen LogP contribution in [0.2, 0.25) is 0 Å². The average Bonchev–Trinajstić information content (AvgIpc) is 2.48. The number of hydrogen-bond acceptors (Lipinski definition) is 5. The summed E-state index contributed by atoms with van der Waals surface area (Å²) in [6, 6.07) is 0. The van der Waals surface area contributed by atoms with Crippen LogP contribution in [-0.2, 0) is 6.54 Å². The Labute approximate surface area is 89.5 Å². The van der Waals surface area contributed by atoms with E-state index in [1.54, 1.807) is 4.68 Å². The molecule has 0 aliphatic heterocycles. The van der Waals surface area contributed by atoms with Gasteiger partial charge in [0, 0.05) is 5.54 Å². The second-order valence-corrected chi connectivity index (χ2v) is 4.73. The van der Waals surface area contributed by atoms with E-state index in [1.165, 1.54) is 0 Å². The standard InChI is InChI=1S/C8H17N5S/c1-4-6(14)7-10-11-12-13(7)5-8(2,3)9/h6,14H,4-5,9H2,1-3H3. The molecule has 0 aliphatic carbocycles. The van der Waals surface area contributed by atoms with E-state index < -0.39 is 0 Å². The first kappa shape index (κ1) is 11.5. The van der Waals surface area contributed by atoms with Crippen molar-refractivity contribution in [1.29, 1.82) is 0 Å². The van der Waals surface area contributed by atoms with Crippen molar-refractivity contribution in [2.75, 3.05) is 0 Å². The third kappa shape index (κ3) is 2.95. The van der Waals surface area contributed by atoms with Crippen LogP contribution in [0.4, 0.5) is 0 Å². The Hall–Kier alpha value is -0.620. The molecule has 1 heterocycles. The lowest BCUT2D eigenvalue weighted by Crippen LogP contribution is -2.38. The van der Waals surface area contributed by atoms with Crippen LogP contribution in [0.3, 0.4) is 0 Å². The number of thiol groups is 1. The van der Waals surface area contributed by atoms with Crippen molar-refractivity contribution in [3.63, 3.8) is 0 Å².